The van der Waals surface area contributed by atoms with Gasteiger partial charge in [-0.2, -0.15) is 0 Å². The van der Waals surface area contributed by atoms with Crippen LogP contribution in [0.2, 0.25) is 0 Å². The van der Waals surface area contributed by atoms with E-state index in [1.54, 1.807) is 0 Å². The van der Waals surface area contributed by atoms with E-state index in [-0.39, 0.29) is 0 Å². The number of hydrogen-bond donors (Lipinski definition) is 0. The standard InChI is InChI=1S/C26H28N/c1-20(23-11-7-5-8-12-23)17-18-27(4)22(3)26-16-15-25(19-21(26)2)24-13-9-6-10-14-24/h5-19,22H,1-4H3/q+1/b20-17+,27-18-. The van der Waals surface area contributed by atoms with Gasteiger partial charge in [0.05, 0.1) is 0 Å². The molecule has 1 heteroatoms. The molecular weight excluding hydrogens is 326 g/mol. The first-order valence-corrected chi connectivity index (χ1v) is 9.51. The molecule has 0 aliphatic carbocycles. The van der Waals surface area contributed by atoms with Gasteiger partial charge in [-0.1, -0.05) is 78.9 Å². The zero-order chi connectivity index (χ0) is 19.2. The minimum absolute atomic E-state index is 0.314. The number of nitrogens with zero attached hydrogens (tertiary/aromatic N) is 1. The lowest BCUT2D eigenvalue weighted by Crippen LogP contribution is -2.13. The van der Waals surface area contributed by atoms with Crippen molar-refractivity contribution >= 4 is 11.8 Å². The van der Waals surface area contributed by atoms with Crippen molar-refractivity contribution in [1.29, 1.82) is 0 Å². The topological polar surface area (TPSA) is 3.01 Å². The van der Waals surface area contributed by atoms with Crippen LogP contribution in [0.3, 0.4) is 0 Å². The summed E-state index contributed by atoms with van der Waals surface area (Å²) in [5.41, 5.74) is 7.76. The second-order valence-electron chi connectivity index (χ2n) is 7.14. The summed E-state index contributed by atoms with van der Waals surface area (Å²) < 4.78 is 2.27. The summed E-state index contributed by atoms with van der Waals surface area (Å²) in [5, 5.41) is 0. The summed E-state index contributed by atoms with van der Waals surface area (Å²) in [7, 11) is 2.14. The molecule has 3 aromatic carbocycles. The van der Waals surface area contributed by atoms with Gasteiger partial charge in [-0.05, 0) is 41.7 Å². The van der Waals surface area contributed by atoms with Gasteiger partial charge in [0.1, 0.15) is 7.05 Å². The van der Waals surface area contributed by atoms with Gasteiger partial charge in [0, 0.05) is 18.6 Å². The van der Waals surface area contributed by atoms with E-state index in [0.717, 1.165) is 0 Å². The molecule has 0 fully saturated rings. The maximum atomic E-state index is 2.29. The minimum atomic E-state index is 0.314. The Kier molecular flexibility index (Phi) is 6.03. The van der Waals surface area contributed by atoms with Crippen molar-refractivity contribution < 1.29 is 4.58 Å². The van der Waals surface area contributed by atoms with Crippen LogP contribution in [0.5, 0.6) is 0 Å². The SMILES string of the molecule is C/C(=C\C=[N+](\C)C(C)c1ccc(-c2ccccc2)cc1C)c1ccccc1. The van der Waals surface area contributed by atoms with Gasteiger partial charge in [-0.3, -0.25) is 0 Å². The first-order chi connectivity index (χ1) is 13.1. The molecule has 1 nitrogen and oxygen atoms in total. The van der Waals surface area contributed by atoms with Crippen LogP contribution in [0.4, 0.5) is 0 Å². The molecular formula is C26H28N+. The summed E-state index contributed by atoms with van der Waals surface area (Å²) in [6.07, 6.45) is 4.37. The Morgan fingerprint density at radius 1 is 0.852 bits per heavy atom. The molecule has 3 aromatic rings. The quantitative estimate of drug-likeness (QED) is 0.361. The van der Waals surface area contributed by atoms with Crippen LogP contribution in [0.15, 0.2) is 84.9 Å². The molecule has 0 amide bonds. The van der Waals surface area contributed by atoms with E-state index in [0.29, 0.717) is 6.04 Å². The third kappa shape index (κ3) is 4.62. The van der Waals surface area contributed by atoms with E-state index in [4.69, 9.17) is 0 Å². The Morgan fingerprint density at radius 3 is 2.11 bits per heavy atom. The molecule has 136 valence electrons. The third-order valence-electron chi connectivity index (χ3n) is 5.23. The van der Waals surface area contributed by atoms with E-state index in [2.05, 4.69) is 124 Å². The molecule has 0 radical (unpaired) electrons. The van der Waals surface area contributed by atoms with Crippen molar-refractivity contribution in [2.75, 3.05) is 7.05 Å². The highest BCUT2D eigenvalue weighted by Crippen LogP contribution is 2.26. The van der Waals surface area contributed by atoms with Gasteiger partial charge in [0.25, 0.3) is 0 Å². The lowest BCUT2D eigenvalue weighted by Gasteiger charge is -2.13. The maximum absolute atomic E-state index is 2.29. The van der Waals surface area contributed by atoms with Crippen LogP contribution in [-0.4, -0.2) is 17.8 Å². The van der Waals surface area contributed by atoms with E-state index >= 15 is 0 Å². The second kappa shape index (κ2) is 8.64. The minimum Gasteiger partial charge on any atom is -0.232 e. The van der Waals surface area contributed by atoms with Crippen molar-refractivity contribution in [2.24, 2.45) is 0 Å². The van der Waals surface area contributed by atoms with Crippen molar-refractivity contribution in [3.63, 3.8) is 0 Å². The smallest absolute Gasteiger partial charge is 0.175 e. The molecule has 27 heavy (non-hydrogen) atoms. The predicted octanol–water partition coefficient (Wildman–Crippen LogP) is 6.54. The number of aryl methyl sites for hydroxylation is 1. The molecule has 0 heterocycles. The highest BCUT2D eigenvalue weighted by molar-refractivity contribution is 5.81. The molecule has 1 atom stereocenters. The Morgan fingerprint density at radius 2 is 1.48 bits per heavy atom. The summed E-state index contributed by atoms with van der Waals surface area (Å²) >= 11 is 0. The molecule has 1 unspecified atom stereocenters. The third-order valence-corrected chi connectivity index (χ3v) is 5.23. The van der Waals surface area contributed by atoms with Gasteiger partial charge in [0.2, 0.25) is 0 Å². The Bertz CT molecular complexity index is 950. The van der Waals surface area contributed by atoms with Crippen molar-refractivity contribution in [2.45, 2.75) is 26.8 Å². The molecule has 0 bridgehead atoms. The fraction of sp³-hybridized carbons (Fsp3) is 0.192. The number of hydrogen-bond acceptors (Lipinski definition) is 0. The summed E-state index contributed by atoms with van der Waals surface area (Å²) in [6.45, 7) is 6.62. The van der Waals surface area contributed by atoms with Gasteiger partial charge < -0.3 is 0 Å². The normalized spacial score (nSPS) is 13.5. The van der Waals surface area contributed by atoms with Crippen LogP contribution in [-0.2, 0) is 0 Å². The summed E-state index contributed by atoms with van der Waals surface area (Å²) in [4.78, 5) is 0. The summed E-state index contributed by atoms with van der Waals surface area (Å²) in [6, 6.07) is 28.2. The van der Waals surface area contributed by atoms with E-state index in [1.807, 2.05) is 0 Å². The molecule has 0 spiro atoms. The number of allylic oxidation sites excluding steroid dienone is 2. The molecule has 0 aliphatic heterocycles. The van der Waals surface area contributed by atoms with Crippen LogP contribution < -0.4 is 0 Å². The molecule has 0 saturated heterocycles. The highest BCUT2D eigenvalue weighted by Gasteiger charge is 2.16. The van der Waals surface area contributed by atoms with Crippen molar-refractivity contribution in [3.8, 4) is 11.1 Å². The molecule has 0 saturated carbocycles. The Hall–Kier alpha value is -2.93. The fourth-order valence-corrected chi connectivity index (χ4v) is 3.33. The average molecular weight is 355 g/mol. The molecule has 0 aliphatic rings. The summed E-state index contributed by atoms with van der Waals surface area (Å²) in [5.74, 6) is 0. The van der Waals surface area contributed by atoms with E-state index < -0.39 is 0 Å². The lowest BCUT2D eigenvalue weighted by molar-refractivity contribution is -0.535. The monoisotopic (exact) mass is 354 g/mol. The van der Waals surface area contributed by atoms with E-state index in [1.165, 1.54) is 33.4 Å². The first-order valence-electron chi connectivity index (χ1n) is 9.51. The fourth-order valence-electron chi connectivity index (χ4n) is 3.33. The average Bonchev–Trinajstić information content (AvgIpc) is 2.72. The zero-order valence-corrected chi connectivity index (χ0v) is 16.7. The Labute approximate surface area is 163 Å². The predicted molar refractivity (Wildman–Crippen MR) is 117 cm³/mol. The van der Waals surface area contributed by atoms with Crippen LogP contribution >= 0.6 is 0 Å². The number of rotatable bonds is 5. The Balaban J connectivity index is 1.81. The zero-order valence-electron chi connectivity index (χ0n) is 16.7. The largest absolute Gasteiger partial charge is 0.232 e. The van der Waals surface area contributed by atoms with Gasteiger partial charge in [-0.25, -0.2) is 4.58 Å². The van der Waals surface area contributed by atoms with E-state index in [9.17, 15) is 0 Å². The first kappa shape index (κ1) is 18.8. The van der Waals surface area contributed by atoms with Gasteiger partial charge in [-0.15, -0.1) is 0 Å². The lowest BCUT2D eigenvalue weighted by atomic mass is 9.96. The molecule has 0 N–H and O–H groups in total. The van der Waals surface area contributed by atoms with Gasteiger partial charge in [0.15, 0.2) is 12.3 Å². The molecule has 0 aromatic heterocycles. The van der Waals surface area contributed by atoms with Crippen molar-refractivity contribution in [1.82, 2.24) is 0 Å². The van der Waals surface area contributed by atoms with Crippen LogP contribution in [0, 0.1) is 6.92 Å². The van der Waals surface area contributed by atoms with Crippen LogP contribution in [0.1, 0.15) is 36.6 Å². The number of benzene rings is 3. The van der Waals surface area contributed by atoms with Crippen molar-refractivity contribution in [3.05, 3.63) is 102 Å². The maximum Gasteiger partial charge on any atom is 0.175 e. The highest BCUT2D eigenvalue weighted by atomic mass is 15.0. The molecule has 3 rings (SSSR count). The van der Waals surface area contributed by atoms with Gasteiger partial charge >= 0.3 is 0 Å². The second-order valence-corrected chi connectivity index (χ2v) is 7.14. The van der Waals surface area contributed by atoms with Crippen LogP contribution in [0.25, 0.3) is 16.7 Å².